The van der Waals surface area contributed by atoms with Gasteiger partial charge in [-0.1, -0.05) is 29.4 Å². The smallest absolute Gasteiger partial charge is 0.170 e. The zero-order chi connectivity index (χ0) is 13.7. The van der Waals surface area contributed by atoms with Crippen molar-refractivity contribution < 1.29 is 5.21 Å². The van der Waals surface area contributed by atoms with Gasteiger partial charge < -0.3 is 16.3 Å². The molecule has 0 fully saturated rings. The maximum atomic E-state index is 8.76. The number of nitrogens with zero attached hydrogens (tertiary/aromatic N) is 1. The average molecular weight is 340 g/mol. The van der Waals surface area contributed by atoms with Crippen LogP contribution in [0.4, 0.5) is 0 Å². The summed E-state index contributed by atoms with van der Waals surface area (Å²) in [6.07, 6.45) is 0. The van der Waals surface area contributed by atoms with Crippen molar-refractivity contribution in [1.29, 1.82) is 0 Å². The summed E-state index contributed by atoms with van der Waals surface area (Å²) in [6, 6.07) is 11.7. The van der Waals surface area contributed by atoms with Gasteiger partial charge in [-0.15, -0.1) is 11.3 Å². The fourth-order valence-electron chi connectivity index (χ4n) is 1.75. The molecular weight excluding hydrogens is 326 g/mol. The van der Waals surface area contributed by atoms with Crippen LogP contribution in [0.25, 0.3) is 0 Å². The number of hydrogen-bond donors (Lipinski definition) is 3. The van der Waals surface area contributed by atoms with Crippen LogP contribution in [0, 0.1) is 0 Å². The molecule has 19 heavy (non-hydrogen) atoms. The quantitative estimate of drug-likeness (QED) is 0.339. The minimum Gasteiger partial charge on any atom is -0.409 e. The number of thiophene rings is 1. The summed E-state index contributed by atoms with van der Waals surface area (Å²) in [5, 5.41) is 15.2. The lowest BCUT2D eigenvalue weighted by Crippen LogP contribution is -2.19. The molecule has 0 aliphatic rings. The van der Waals surface area contributed by atoms with Gasteiger partial charge in [0.25, 0.3) is 0 Å². The van der Waals surface area contributed by atoms with Crippen molar-refractivity contribution in [3.63, 3.8) is 0 Å². The van der Waals surface area contributed by atoms with Crippen LogP contribution in [0.3, 0.4) is 0 Å². The first kappa shape index (κ1) is 14.0. The van der Waals surface area contributed by atoms with Gasteiger partial charge in [-0.3, -0.25) is 0 Å². The highest BCUT2D eigenvalue weighted by molar-refractivity contribution is 9.11. The lowest BCUT2D eigenvalue weighted by molar-refractivity contribution is 0.318. The van der Waals surface area contributed by atoms with E-state index in [1.165, 1.54) is 4.88 Å². The van der Waals surface area contributed by atoms with E-state index in [-0.39, 0.29) is 5.84 Å². The molecular formula is C13H14BrN3OS. The van der Waals surface area contributed by atoms with Crippen molar-refractivity contribution in [3.05, 3.63) is 56.2 Å². The highest BCUT2D eigenvalue weighted by atomic mass is 79.9. The van der Waals surface area contributed by atoms with Crippen molar-refractivity contribution >= 4 is 33.1 Å². The fourth-order valence-corrected chi connectivity index (χ4v) is 3.20. The van der Waals surface area contributed by atoms with E-state index >= 15 is 0 Å². The van der Waals surface area contributed by atoms with Gasteiger partial charge >= 0.3 is 0 Å². The van der Waals surface area contributed by atoms with Gasteiger partial charge in [0.2, 0.25) is 0 Å². The first-order valence-electron chi connectivity index (χ1n) is 5.71. The fraction of sp³-hybridized carbons (Fsp3) is 0.154. The molecule has 1 heterocycles. The summed E-state index contributed by atoms with van der Waals surface area (Å²) in [6.45, 7) is 1.46. The molecule has 0 saturated carbocycles. The summed E-state index contributed by atoms with van der Waals surface area (Å²) in [4.78, 5) is 1.26. The molecule has 0 aliphatic carbocycles. The Bertz CT molecular complexity index is 583. The van der Waals surface area contributed by atoms with E-state index in [4.69, 9.17) is 10.9 Å². The van der Waals surface area contributed by atoms with Gasteiger partial charge in [0.05, 0.1) is 3.79 Å². The van der Waals surface area contributed by atoms with Crippen LogP contribution in [0.15, 0.2) is 45.3 Å². The van der Waals surface area contributed by atoms with E-state index in [2.05, 4.69) is 32.5 Å². The predicted octanol–water partition coefficient (Wildman–Crippen LogP) is 2.89. The zero-order valence-electron chi connectivity index (χ0n) is 10.1. The number of rotatable bonds is 5. The molecule has 0 radical (unpaired) electrons. The van der Waals surface area contributed by atoms with Crippen LogP contribution < -0.4 is 11.1 Å². The van der Waals surface area contributed by atoms with Gasteiger partial charge in [0, 0.05) is 23.5 Å². The molecule has 6 heteroatoms. The topological polar surface area (TPSA) is 70.6 Å². The summed E-state index contributed by atoms with van der Waals surface area (Å²) in [5.74, 6) is 0.135. The van der Waals surface area contributed by atoms with Crippen molar-refractivity contribution in [1.82, 2.24) is 5.32 Å². The standard InChI is InChI=1S/C13H14BrN3OS/c14-12-6-5-10(19-12)8-16-7-9-3-1-2-4-11(9)13(15)17-18/h1-6,16,18H,7-8H2,(H2,15,17). The van der Waals surface area contributed by atoms with Crippen LogP contribution in [0.2, 0.25) is 0 Å². The number of nitrogens with one attached hydrogen (secondary N) is 1. The highest BCUT2D eigenvalue weighted by Crippen LogP contribution is 2.21. The van der Waals surface area contributed by atoms with E-state index < -0.39 is 0 Å². The Morgan fingerprint density at radius 1 is 1.26 bits per heavy atom. The molecule has 2 rings (SSSR count). The second-order valence-corrected chi connectivity index (χ2v) is 6.50. The predicted molar refractivity (Wildman–Crippen MR) is 81.5 cm³/mol. The van der Waals surface area contributed by atoms with Gasteiger partial charge in [-0.05, 0) is 33.6 Å². The monoisotopic (exact) mass is 339 g/mol. The number of amidine groups is 1. The molecule has 0 spiro atoms. The second kappa shape index (κ2) is 6.70. The maximum Gasteiger partial charge on any atom is 0.170 e. The maximum absolute atomic E-state index is 8.76. The Balaban J connectivity index is 2.00. The average Bonchev–Trinajstić information content (AvgIpc) is 2.84. The van der Waals surface area contributed by atoms with Crippen molar-refractivity contribution in [2.24, 2.45) is 10.9 Å². The number of hydrogen-bond acceptors (Lipinski definition) is 4. The van der Waals surface area contributed by atoms with Crippen LogP contribution in [-0.2, 0) is 13.1 Å². The molecule has 100 valence electrons. The van der Waals surface area contributed by atoms with E-state index in [1.54, 1.807) is 11.3 Å². The van der Waals surface area contributed by atoms with Crippen molar-refractivity contribution in [2.45, 2.75) is 13.1 Å². The van der Waals surface area contributed by atoms with Gasteiger partial charge in [-0.25, -0.2) is 0 Å². The Hall–Kier alpha value is -1.37. The first-order chi connectivity index (χ1) is 9.20. The number of oxime groups is 1. The van der Waals surface area contributed by atoms with Gasteiger partial charge in [0.15, 0.2) is 5.84 Å². The number of nitrogens with two attached hydrogens (primary N) is 1. The van der Waals surface area contributed by atoms with Crippen molar-refractivity contribution in [3.8, 4) is 0 Å². The molecule has 0 saturated heterocycles. The minimum atomic E-state index is 0.135. The molecule has 0 atom stereocenters. The second-order valence-electron chi connectivity index (χ2n) is 3.95. The number of benzene rings is 1. The van der Waals surface area contributed by atoms with E-state index in [0.29, 0.717) is 6.54 Å². The SMILES string of the molecule is NC(=NO)c1ccccc1CNCc1ccc(Br)s1. The molecule has 1 aromatic heterocycles. The third-order valence-electron chi connectivity index (χ3n) is 2.64. The highest BCUT2D eigenvalue weighted by Gasteiger charge is 2.06. The van der Waals surface area contributed by atoms with Crippen LogP contribution in [-0.4, -0.2) is 11.0 Å². The first-order valence-corrected chi connectivity index (χ1v) is 7.32. The van der Waals surface area contributed by atoms with Gasteiger partial charge in [0.1, 0.15) is 0 Å². The van der Waals surface area contributed by atoms with Gasteiger partial charge in [-0.2, -0.15) is 0 Å². The molecule has 1 aromatic carbocycles. The Morgan fingerprint density at radius 2 is 2.05 bits per heavy atom. The van der Waals surface area contributed by atoms with E-state index in [1.807, 2.05) is 30.3 Å². The molecule has 0 unspecified atom stereocenters. The summed E-state index contributed by atoms with van der Waals surface area (Å²) in [7, 11) is 0. The molecule has 2 aromatic rings. The lowest BCUT2D eigenvalue weighted by Gasteiger charge is -2.08. The van der Waals surface area contributed by atoms with E-state index in [0.717, 1.165) is 21.5 Å². The molecule has 0 amide bonds. The van der Waals surface area contributed by atoms with E-state index in [9.17, 15) is 0 Å². The minimum absolute atomic E-state index is 0.135. The molecule has 4 nitrogen and oxygen atoms in total. The molecule has 0 bridgehead atoms. The lowest BCUT2D eigenvalue weighted by atomic mass is 10.1. The number of halogens is 1. The summed E-state index contributed by atoms with van der Waals surface area (Å²) in [5.41, 5.74) is 7.41. The largest absolute Gasteiger partial charge is 0.409 e. The Labute approximate surface area is 124 Å². The third-order valence-corrected chi connectivity index (χ3v) is 4.27. The normalized spacial score (nSPS) is 11.7. The van der Waals surface area contributed by atoms with Crippen LogP contribution >= 0.6 is 27.3 Å². The molecule has 0 aliphatic heterocycles. The summed E-state index contributed by atoms with van der Waals surface area (Å²) >= 11 is 5.14. The van der Waals surface area contributed by atoms with Crippen LogP contribution in [0.1, 0.15) is 16.0 Å². The third kappa shape index (κ3) is 3.79. The van der Waals surface area contributed by atoms with Crippen molar-refractivity contribution in [2.75, 3.05) is 0 Å². The molecule has 4 N–H and O–H groups in total. The van der Waals surface area contributed by atoms with Crippen LogP contribution in [0.5, 0.6) is 0 Å². The summed E-state index contributed by atoms with van der Waals surface area (Å²) < 4.78 is 1.13. The zero-order valence-corrected chi connectivity index (χ0v) is 12.5. The Morgan fingerprint density at radius 3 is 2.74 bits per heavy atom. The Kier molecular flexibility index (Phi) is 4.95.